The molecule has 1 aliphatic rings. The third-order valence-electron chi connectivity index (χ3n) is 3.14. The minimum atomic E-state index is -3.07. The maximum Gasteiger partial charge on any atom is 0.387 e. The Morgan fingerprint density at radius 3 is 2.70 bits per heavy atom. The lowest BCUT2D eigenvalue weighted by Gasteiger charge is -2.41. The van der Waals surface area contributed by atoms with Crippen molar-refractivity contribution in [1.82, 2.24) is 0 Å². The van der Waals surface area contributed by atoms with Gasteiger partial charge in [-0.25, -0.2) is 0 Å². The molecule has 0 bridgehead atoms. The minimum Gasteiger partial charge on any atom is -0.432 e. The van der Waals surface area contributed by atoms with Crippen LogP contribution in [0, 0.1) is 10.1 Å². The lowest BCUT2D eigenvalue weighted by molar-refractivity contribution is -0.384. The van der Waals surface area contributed by atoms with E-state index in [2.05, 4.69) is 10.1 Å². The van der Waals surface area contributed by atoms with Crippen molar-refractivity contribution in [2.24, 2.45) is 0 Å². The number of nitrogens with zero attached hydrogens (tertiary/aromatic N) is 1. The highest BCUT2D eigenvalue weighted by molar-refractivity contribution is 5.70. The quantitative estimate of drug-likeness (QED) is 0.642. The lowest BCUT2D eigenvalue weighted by Crippen LogP contribution is -2.48. The average molecular weight is 288 g/mol. The number of para-hydroxylation sites is 1. The average Bonchev–Trinajstić information content (AvgIpc) is 2.27. The van der Waals surface area contributed by atoms with E-state index in [0.29, 0.717) is 12.8 Å². The molecule has 0 aromatic heterocycles. The third-order valence-corrected chi connectivity index (χ3v) is 3.14. The molecule has 0 radical (unpaired) electrons. The summed E-state index contributed by atoms with van der Waals surface area (Å²) in [5.74, 6) is -0.277. The van der Waals surface area contributed by atoms with Crippen LogP contribution in [0.3, 0.4) is 0 Å². The Hall–Kier alpha value is -1.96. The van der Waals surface area contributed by atoms with Gasteiger partial charge in [0.2, 0.25) is 0 Å². The van der Waals surface area contributed by atoms with Gasteiger partial charge in [0.15, 0.2) is 11.4 Å². The molecule has 6 nitrogen and oxygen atoms in total. The summed E-state index contributed by atoms with van der Waals surface area (Å²) < 4.78 is 29.0. The Balaban J connectivity index is 2.25. The van der Waals surface area contributed by atoms with Crippen LogP contribution in [-0.2, 0) is 0 Å². The fourth-order valence-electron chi connectivity index (χ4n) is 2.32. The molecule has 1 saturated carbocycles. The standard InChI is InChI=1S/C12H14F2N2O4/c1-12(17)5-7(6-12)15-10-8(16(18)19)3-2-4-9(10)20-11(13)14/h2-4,7,11,15,17H,5-6H2,1H3. The van der Waals surface area contributed by atoms with Crippen molar-refractivity contribution in [3.8, 4) is 5.75 Å². The van der Waals surface area contributed by atoms with Gasteiger partial charge in [0.25, 0.3) is 5.69 Å². The van der Waals surface area contributed by atoms with E-state index < -0.39 is 17.1 Å². The fourth-order valence-corrected chi connectivity index (χ4v) is 2.32. The van der Waals surface area contributed by atoms with E-state index in [1.807, 2.05) is 0 Å². The molecule has 2 N–H and O–H groups in total. The van der Waals surface area contributed by atoms with E-state index in [1.165, 1.54) is 18.2 Å². The van der Waals surface area contributed by atoms with Crippen molar-refractivity contribution >= 4 is 11.4 Å². The molecule has 8 heteroatoms. The predicted molar refractivity (Wildman–Crippen MR) is 67.0 cm³/mol. The molecular weight excluding hydrogens is 274 g/mol. The number of rotatable bonds is 5. The van der Waals surface area contributed by atoms with Crippen molar-refractivity contribution in [3.05, 3.63) is 28.3 Å². The zero-order chi connectivity index (χ0) is 14.9. The summed E-state index contributed by atoms with van der Waals surface area (Å²) in [7, 11) is 0. The maximum atomic E-state index is 12.3. The molecule has 2 rings (SSSR count). The molecule has 0 unspecified atom stereocenters. The Labute approximate surface area is 113 Å². The van der Waals surface area contributed by atoms with Crippen LogP contribution in [-0.4, -0.2) is 28.3 Å². The van der Waals surface area contributed by atoms with Gasteiger partial charge in [0.05, 0.1) is 10.5 Å². The van der Waals surface area contributed by atoms with Gasteiger partial charge < -0.3 is 15.2 Å². The summed E-state index contributed by atoms with van der Waals surface area (Å²) in [6.07, 6.45) is 0.764. The topological polar surface area (TPSA) is 84.6 Å². The van der Waals surface area contributed by atoms with Crippen LogP contribution < -0.4 is 10.1 Å². The number of hydrogen-bond donors (Lipinski definition) is 2. The Morgan fingerprint density at radius 2 is 2.20 bits per heavy atom. The summed E-state index contributed by atoms with van der Waals surface area (Å²) in [6, 6.07) is 3.50. The van der Waals surface area contributed by atoms with E-state index in [-0.39, 0.29) is 23.2 Å². The van der Waals surface area contributed by atoms with Crippen molar-refractivity contribution in [2.75, 3.05) is 5.32 Å². The summed E-state index contributed by atoms with van der Waals surface area (Å²) in [6.45, 7) is -1.43. The zero-order valence-corrected chi connectivity index (χ0v) is 10.7. The number of alkyl halides is 2. The van der Waals surface area contributed by atoms with Gasteiger partial charge in [-0.15, -0.1) is 0 Å². The van der Waals surface area contributed by atoms with Crippen molar-refractivity contribution in [2.45, 2.75) is 38.0 Å². The molecule has 1 aliphatic carbocycles. The van der Waals surface area contributed by atoms with Gasteiger partial charge in [-0.1, -0.05) is 6.07 Å². The molecule has 0 aliphatic heterocycles. The van der Waals surface area contributed by atoms with E-state index in [4.69, 9.17) is 0 Å². The highest BCUT2D eigenvalue weighted by Crippen LogP contribution is 2.40. The lowest BCUT2D eigenvalue weighted by atomic mass is 9.77. The molecule has 0 heterocycles. The first-order chi connectivity index (χ1) is 9.28. The molecule has 1 aromatic carbocycles. The second-order valence-corrected chi connectivity index (χ2v) is 5.03. The summed E-state index contributed by atoms with van der Waals surface area (Å²) in [5.41, 5.74) is -1.25. The molecule has 1 fully saturated rings. The largest absolute Gasteiger partial charge is 0.432 e. The van der Waals surface area contributed by atoms with Crippen LogP contribution in [0.5, 0.6) is 5.75 Å². The predicted octanol–water partition coefficient (Wildman–Crippen LogP) is 2.52. The van der Waals surface area contributed by atoms with Gasteiger partial charge in [0.1, 0.15) is 0 Å². The monoisotopic (exact) mass is 288 g/mol. The van der Waals surface area contributed by atoms with Crippen LogP contribution >= 0.6 is 0 Å². The van der Waals surface area contributed by atoms with Gasteiger partial charge in [-0.05, 0) is 25.8 Å². The van der Waals surface area contributed by atoms with E-state index >= 15 is 0 Å². The van der Waals surface area contributed by atoms with E-state index in [1.54, 1.807) is 6.92 Å². The third kappa shape index (κ3) is 3.13. The molecule has 1 aromatic rings. The molecule has 0 amide bonds. The maximum absolute atomic E-state index is 12.3. The van der Waals surface area contributed by atoms with Gasteiger partial charge >= 0.3 is 6.61 Å². The highest BCUT2D eigenvalue weighted by Gasteiger charge is 2.39. The number of benzene rings is 1. The number of nitro benzene ring substituents is 1. The number of halogens is 2. The van der Waals surface area contributed by atoms with Crippen LogP contribution in [0.4, 0.5) is 20.2 Å². The summed E-state index contributed by atoms with van der Waals surface area (Å²) in [5, 5.41) is 23.4. The smallest absolute Gasteiger partial charge is 0.387 e. The summed E-state index contributed by atoms with van der Waals surface area (Å²) >= 11 is 0. The first-order valence-corrected chi connectivity index (χ1v) is 5.99. The number of nitro groups is 1. The second kappa shape index (κ2) is 5.20. The number of hydrogen-bond acceptors (Lipinski definition) is 5. The first kappa shape index (κ1) is 14.4. The van der Waals surface area contributed by atoms with Crippen LogP contribution in [0.1, 0.15) is 19.8 Å². The Morgan fingerprint density at radius 1 is 1.55 bits per heavy atom. The molecule has 0 spiro atoms. The molecular formula is C12H14F2N2O4. The Bertz CT molecular complexity index is 514. The van der Waals surface area contributed by atoms with Crippen LogP contribution in [0.25, 0.3) is 0 Å². The molecule has 110 valence electrons. The van der Waals surface area contributed by atoms with Crippen molar-refractivity contribution < 1.29 is 23.5 Å². The number of ether oxygens (including phenoxy) is 1. The minimum absolute atomic E-state index is 0.0849. The van der Waals surface area contributed by atoms with Crippen molar-refractivity contribution in [1.29, 1.82) is 0 Å². The molecule has 20 heavy (non-hydrogen) atoms. The second-order valence-electron chi connectivity index (χ2n) is 5.03. The zero-order valence-electron chi connectivity index (χ0n) is 10.7. The SMILES string of the molecule is CC1(O)CC(Nc2c(OC(F)F)cccc2[N+](=O)[O-])C1. The van der Waals surface area contributed by atoms with Gasteiger partial charge in [-0.2, -0.15) is 8.78 Å². The number of nitrogens with one attached hydrogen (secondary N) is 1. The van der Waals surface area contributed by atoms with Crippen LogP contribution in [0.15, 0.2) is 18.2 Å². The number of aliphatic hydroxyl groups is 1. The number of anilines is 1. The normalized spacial score (nSPS) is 25.1. The highest BCUT2D eigenvalue weighted by atomic mass is 19.3. The van der Waals surface area contributed by atoms with E-state index in [9.17, 15) is 24.0 Å². The molecule has 0 atom stereocenters. The van der Waals surface area contributed by atoms with Gasteiger partial charge in [0, 0.05) is 12.1 Å². The van der Waals surface area contributed by atoms with E-state index in [0.717, 1.165) is 0 Å². The van der Waals surface area contributed by atoms with Gasteiger partial charge in [-0.3, -0.25) is 10.1 Å². The first-order valence-electron chi connectivity index (χ1n) is 5.99. The summed E-state index contributed by atoms with van der Waals surface area (Å²) in [4.78, 5) is 10.3. The van der Waals surface area contributed by atoms with Crippen LogP contribution in [0.2, 0.25) is 0 Å². The molecule has 0 saturated heterocycles. The Kier molecular flexibility index (Phi) is 3.76. The fraction of sp³-hybridized carbons (Fsp3) is 0.500. The van der Waals surface area contributed by atoms with Crippen molar-refractivity contribution in [3.63, 3.8) is 0 Å².